The van der Waals surface area contributed by atoms with Gasteiger partial charge >= 0.3 is 5.97 Å². The molecule has 0 amide bonds. The summed E-state index contributed by atoms with van der Waals surface area (Å²) in [5.74, 6) is -0.368. The van der Waals surface area contributed by atoms with Crippen molar-refractivity contribution in [2.45, 2.75) is 0 Å². The number of carbonyl (C=O) groups is 1. The fourth-order valence-corrected chi connectivity index (χ4v) is 2.15. The van der Waals surface area contributed by atoms with E-state index in [1.807, 2.05) is 18.2 Å². The summed E-state index contributed by atoms with van der Waals surface area (Å²) in [4.78, 5) is 10.9. The molecule has 0 spiro atoms. The Morgan fingerprint density at radius 3 is 2.43 bits per heavy atom. The smallest absolute Gasteiger partial charge is 0.330 e. The van der Waals surface area contributed by atoms with Gasteiger partial charge in [-0.25, -0.2) is 4.79 Å². The molecule has 0 fully saturated rings. The maximum atomic E-state index is 10.9. The van der Waals surface area contributed by atoms with Crippen LogP contribution in [0.15, 0.2) is 33.2 Å². The van der Waals surface area contributed by atoms with Gasteiger partial charge in [-0.2, -0.15) is 0 Å². The van der Waals surface area contributed by atoms with Crippen LogP contribution in [0.2, 0.25) is 0 Å². The lowest BCUT2D eigenvalue weighted by molar-refractivity contribution is -0.134. The maximum Gasteiger partial charge on any atom is 0.330 e. The predicted molar refractivity (Wildman–Crippen MR) is 62.9 cm³/mol. The number of rotatable bonds is 2. The SMILES string of the molecule is COC(=O)C=Cc1c(Br)cccc1Br. The van der Waals surface area contributed by atoms with Crippen LogP contribution in [-0.2, 0) is 9.53 Å². The third-order valence-electron chi connectivity index (χ3n) is 1.59. The minimum atomic E-state index is -0.368. The van der Waals surface area contributed by atoms with E-state index in [1.165, 1.54) is 13.2 Å². The highest BCUT2D eigenvalue weighted by Gasteiger charge is 2.01. The van der Waals surface area contributed by atoms with Gasteiger partial charge in [0.25, 0.3) is 0 Å². The van der Waals surface area contributed by atoms with E-state index in [4.69, 9.17) is 0 Å². The molecule has 0 aliphatic rings. The Hall–Kier alpha value is -0.610. The summed E-state index contributed by atoms with van der Waals surface area (Å²) in [7, 11) is 1.35. The predicted octanol–water partition coefficient (Wildman–Crippen LogP) is 3.40. The molecule has 0 saturated carbocycles. The fraction of sp³-hybridized carbons (Fsp3) is 0.100. The van der Waals surface area contributed by atoms with E-state index in [9.17, 15) is 4.79 Å². The number of hydrogen-bond acceptors (Lipinski definition) is 2. The maximum absolute atomic E-state index is 10.9. The van der Waals surface area contributed by atoms with E-state index in [0.29, 0.717) is 0 Å². The first-order valence-electron chi connectivity index (χ1n) is 3.85. The molecule has 0 aromatic heterocycles. The number of benzene rings is 1. The molecule has 1 rings (SSSR count). The van der Waals surface area contributed by atoms with Crippen LogP contribution in [0.1, 0.15) is 5.56 Å². The second kappa shape index (κ2) is 5.32. The first-order chi connectivity index (χ1) is 6.65. The van der Waals surface area contributed by atoms with Crippen LogP contribution in [-0.4, -0.2) is 13.1 Å². The Labute approximate surface area is 99.2 Å². The zero-order chi connectivity index (χ0) is 10.6. The molecule has 2 nitrogen and oxygen atoms in total. The monoisotopic (exact) mass is 318 g/mol. The third-order valence-corrected chi connectivity index (χ3v) is 2.97. The lowest BCUT2D eigenvalue weighted by atomic mass is 10.2. The molecule has 14 heavy (non-hydrogen) atoms. The molecule has 1 aromatic rings. The largest absolute Gasteiger partial charge is 0.466 e. The number of methoxy groups -OCH3 is 1. The summed E-state index contributed by atoms with van der Waals surface area (Å²) in [6.07, 6.45) is 3.07. The molecule has 0 saturated heterocycles. The number of halogens is 2. The average molecular weight is 320 g/mol. The second-order valence-electron chi connectivity index (χ2n) is 2.49. The van der Waals surface area contributed by atoms with E-state index in [0.717, 1.165) is 14.5 Å². The van der Waals surface area contributed by atoms with Gasteiger partial charge in [-0.1, -0.05) is 37.9 Å². The molecule has 0 heterocycles. The van der Waals surface area contributed by atoms with Crippen LogP contribution in [0, 0.1) is 0 Å². The number of ether oxygens (including phenoxy) is 1. The van der Waals surface area contributed by atoms with E-state index in [2.05, 4.69) is 36.6 Å². The molecule has 0 aliphatic carbocycles. The normalized spacial score (nSPS) is 10.5. The van der Waals surface area contributed by atoms with Crippen molar-refractivity contribution in [3.8, 4) is 0 Å². The zero-order valence-electron chi connectivity index (χ0n) is 7.46. The van der Waals surface area contributed by atoms with E-state index in [-0.39, 0.29) is 5.97 Å². The number of hydrogen-bond donors (Lipinski definition) is 0. The highest BCUT2D eigenvalue weighted by atomic mass is 79.9. The summed E-state index contributed by atoms with van der Waals surface area (Å²) in [5, 5.41) is 0. The molecule has 0 aliphatic heterocycles. The van der Waals surface area contributed by atoms with Crippen LogP contribution < -0.4 is 0 Å². The lowest BCUT2D eigenvalue weighted by Crippen LogP contribution is -1.93. The first-order valence-corrected chi connectivity index (χ1v) is 5.44. The Balaban J connectivity index is 2.96. The summed E-state index contributed by atoms with van der Waals surface area (Å²) in [6.45, 7) is 0. The van der Waals surface area contributed by atoms with Gasteiger partial charge in [-0.15, -0.1) is 0 Å². The minimum absolute atomic E-state index is 0.368. The number of carbonyl (C=O) groups excluding carboxylic acids is 1. The van der Waals surface area contributed by atoms with Crippen LogP contribution in [0.5, 0.6) is 0 Å². The van der Waals surface area contributed by atoms with Gasteiger partial charge in [-0.05, 0) is 18.2 Å². The molecule has 0 atom stereocenters. The minimum Gasteiger partial charge on any atom is -0.466 e. The second-order valence-corrected chi connectivity index (χ2v) is 4.20. The fourth-order valence-electron chi connectivity index (χ4n) is 0.889. The molecule has 4 heteroatoms. The Morgan fingerprint density at radius 1 is 1.36 bits per heavy atom. The van der Waals surface area contributed by atoms with Crippen LogP contribution in [0.3, 0.4) is 0 Å². The Bertz CT molecular complexity index is 352. The molecule has 1 aromatic carbocycles. The van der Waals surface area contributed by atoms with Crippen molar-refractivity contribution in [2.75, 3.05) is 7.11 Å². The Kier molecular flexibility index (Phi) is 4.35. The van der Waals surface area contributed by atoms with Crippen LogP contribution >= 0.6 is 31.9 Å². The van der Waals surface area contributed by atoms with Crippen molar-refractivity contribution in [3.05, 3.63) is 38.8 Å². The van der Waals surface area contributed by atoms with E-state index in [1.54, 1.807) is 6.08 Å². The van der Waals surface area contributed by atoms with E-state index < -0.39 is 0 Å². The summed E-state index contributed by atoms with van der Waals surface area (Å²) in [5.41, 5.74) is 0.915. The lowest BCUT2D eigenvalue weighted by Gasteiger charge is -2.00. The topological polar surface area (TPSA) is 26.3 Å². The van der Waals surface area contributed by atoms with Gasteiger partial charge in [0.2, 0.25) is 0 Å². The average Bonchev–Trinajstić information content (AvgIpc) is 2.16. The van der Waals surface area contributed by atoms with Crippen LogP contribution in [0.25, 0.3) is 6.08 Å². The Morgan fingerprint density at radius 2 is 1.93 bits per heavy atom. The molecule has 0 radical (unpaired) electrons. The van der Waals surface area contributed by atoms with Gasteiger partial charge in [0, 0.05) is 20.6 Å². The molecular weight excluding hydrogens is 312 g/mol. The van der Waals surface area contributed by atoms with Gasteiger partial charge in [0.05, 0.1) is 7.11 Å². The van der Waals surface area contributed by atoms with E-state index >= 15 is 0 Å². The molecular formula is C10H8Br2O2. The summed E-state index contributed by atoms with van der Waals surface area (Å²) < 4.78 is 6.34. The van der Waals surface area contributed by atoms with Gasteiger partial charge in [0.1, 0.15) is 0 Å². The van der Waals surface area contributed by atoms with Crippen LogP contribution in [0.4, 0.5) is 0 Å². The van der Waals surface area contributed by atoms with Gasteiger partial charge in [0.15, 0.2) is 0 Å². The van der Waals surface area contributed by atoms with Crippen molar-refractivity contribution in [1.29, 1.82) is 0 Å². The molecule has 0 N–H and O–H groups in total. The zero-order valence-corrected chi connectivity index (χ0v) is 10.6. The van der Waals surface area contributed by atoms with Gasteiger partial charge < -0.3 is 4.74 Å². The van der Waals surface area contributed by atoms with Crippen molar-refractivity contribution in [3.63, 3.8) is 0 Å². The van der Waals surface area contributed by atoms with Gasteiger partial charge in [-0.3, -0.25) is 0 Å². The number of esters is 1. The van der Waals surface area contributed by atoms with Crippen molar-refractivity contribution < 1.29 is 9.53 Å². The highest BCUT2D eigenvalue weighted by molar-refractivity contribution is 9.11. The first kappa shape index (κ1) is 11.5. The molecule has 0 unspecified atom stereocenters. The quantitative estimate of drug-likeness (QED) is 0.617. The summed E-state index contributed by atoms with van der Waals surface area (Å²) in [6, 6.07) is 5.72. The van der Waals surface area contributed by atoms with Crippen molar-refractivity contribution in [2.24, 2.45) is 0 Å². The summed E-state index contributed by atoms with van der Waals surface area (Å²) >= 11 is 6.77. The van der Waals surface area contributed by atoms with Crippen molar-refractivity contribution in [1.82, 2.24) is 0 Å². The molecule has 0 bridgehead atoms. The van der Waals surface area contributed by atoms with Crippen molar-refractivity contribution >= 4 is 43.9 Å². The third kappa shape index (κ3) is 2.96. The standard InChI is InChI=1S/C10H8Br2O2/c1-14-10(13)6-5-7-8(11)3-2-4-9(7)12/h2-6H,1H3. The highest BCUT2D eigenvalue weighted by Crippen LogP contribution is 2.26. The molecule has 74 valence electrons.